The van der Waals surface area contributed by atoms with Crippen LogP contribution in [0.3, 0.4) is 0 Å². The topological polar surface area (TPSA) is 63.3 Å². The quantitative estimate of drug-likeness (QED) is 0.791. The largest absolute Gasteiger partial charge is 0.480 e. The van der Waals surface area contributed by atoms with Crippen molar-refractivity contribution in [3.63, 3.8) is 0 Å². The number of thiophene rings is 1. The lowest BCUT2D eigenvalue weighted by molar-refractivity contribution is -0.138. The molecule has 1 heterocycles. The lowest BCUT2D eigenvalue weighted by Gasteiger charge is -2.03. The Hall–Kier alpha value is -1.39. The van der Waals surface area contributed by atoms with E-state index in [1.165, 1.54) is 11.3 Å². The first kappa shape index (κ1) is 9.18. The molecule has 4 heteroatoms. The van der Waals surface area contributed by atoms with Gasteiger partial charge in [0.2, 0.25) is 0 Å². The Bertz CT molecular complexity index is 478. The summed E-state index contributed by atoms with van der Waals surface area (Å²) in [6.07, 6.45) is 0. The monoisotopic (exact) mass is 207 g/mol. The van der Waals surface area contributed by atoms with Crippen LogP contribution in [0.2, 0.25) is 0 Å². The van der Waals surface area contributed by atoms with Crippen LogP contribution in [0.1, 0.15) is 11.6 Å². The van der Waals surface area contributed by atoms with Gasteiger partial charge >= 0.3 is 5.97 Å². The summed E-state index contributed by atoms with van der Waals surface area (Å²) in [5, 5.41) is 11.5. The van der Waals surface area contributed by atoms with Crippen LogP contribution >= 0.6 is 11.3 Å². The Morgan fingerprint density at radius 3 is 2.86 bits per heavy atom. The average molecular weight is 207 g/mol. The molecule has 0 aliphatic carbocycles. The number of nitrogens with two attached hydrogens (primary N) is 1. The fourth-order valence-electron chi connectivity index (χ4n) is 1.37. The van der Waals surface area contributed by atoms with E-state index in [1.54, 1.807) is 0 Å². The molecule has 72 valence electrons. The maximum absolute atomic E-state index is 10.7. The van der Waals surface area contributed by atoms with Gasteiger partial charge in [-0.25, -0.2) is 0 Å². The summed E-state index contributed by atoms with van der Waals surface area (Å²) in [4.78, 5) is 10.7. The Labute approximate surface area is 84.8 Å². The van der Waals surface area contributed by atoms with E-state index in [2.05, 4.69) is 0 Å². The number of fused-ring (bicyclic) bond motifs is 1. The number of hydrogen-bond acceptors (Lipinski definition) is 3. The molecule has 0 unspecified atom stereocenters. The molecular formula is C10H9NO2S. The zero-order valence-corrected chi connectivity index (χ0v) is 8.12. The van der Waals surface area contributed by atoms with E-state index in [-0.39, 0.29) is 0 Å². The predicted molar refractivity (Wildman–Crippen MR) is 56.4 cm³/mol. The zero-order chi connectivity index (χ0) is 10.1. The molecule has 0 saturated carbocycles. The van der Waals surface area contributed by atoms with E-state index in [9.17, 15) is 4.79 Å². The third kappa shape index (κ3) is 1.38. The second kappa shape index (κ2) is 3.40. The van der Waals surface area contributed by atoms with Crippen LogP contribution in [0.15, 0.2) is 29.6 Å². The molecule has 0 amide bonds. The lowest BCUT2D eigenvalue weighted by Crippen LogP contribution is -2.20. The minimum Gasteiger partial charge on any atom is -0.480 e. The van der Waals surface area contributed by atoms with Crippen molar-refractivity contribution in [3.8, 4) is 0 Å². The minimum atomic E-state index is -0.992. The molecule has 0 bridgehead atoms. The second-order valence-corrected chi connectivity index (χ2v) is 3.91. The highest BCUT2D eigenvalue weighted by atomic mass is 32.1. The average Bonchev–Trinajstić information content (AvgIpc) is 2.60. The van der Waals surface area contributed by atoms with Crippen LogP contribution in [-0.2, 0) is 4.79 Å². The normalized spacial score (nSPS) is 12.9. The highest BCUT2D eigenvalue weighted by molar-refractivity contribution is 7.17. The minimum absolute atomic E-state index is 0.693. The van der Waals surface area contributed by atoms with E-state index >= 15 is 0 Å². The first-order chi connectivity index (χ1) is 6.70. The standard InChI is InChI=1S/C10H9NO2S/c11-9(10(12)13)7-5-14-8-4-2-1-3-6(7)8/h1-5,9H,11H2,(H,12,13)/t9-/m1/s1. The summed E-state index contributed by atoms with van der Waals surface area (Å²) >= 11 is 1.52. The summed E-state index contributed by atoms with van der Waals surface area (Å²) in [5.41, 5.74) is 6.25. The van der Waals surface area contributed by atoms with Gasteiger partial charge in [0.25, 0.3) is 0 Å². The van der Waals surface area contributed by atoms with E-state index < -0.39 is 12.0 Å². The first-order valence-electron chi connectivity index (χ1n) is 4.14. The van der Waals surface area contributed by atoms with Crippen LogP contribution in [0, 0.1) is 0 Å². The van der Waals surface area contributed by atoms with Gasteiger partial charge in [0.15, 0.2) is 0 Å². The molecule has 3 nitrogen and oxygen atoms in total. The molecule has 0 aliphatic rings. The number of aliphatic carboxylic acids is 1. The Kier molecular flexibility index (Phi) is 2.23. The van der Waals surface area contributed by atoms with Crippen LogP contribution in [0.5, 0.6) is 0 Å². The second-order valence-electron chi connectivity index (χ2n) is 3.00. The zero-order valence-electron chi connectivity index (χ0n) is 7.31. The van der Waals surface area contributed by atoms with Crippen molar-refractivity contribution < 1.29 is 9.90 Å². The predicted octanol–water partition coefficient (Wildman–Crippen LogP) is 1.99. The number of benzene rings is 1. The summed E-state index contributed by atoms with van der Waals surface area (Å²) in [7, 11) is 0. The van der Waals surface area contributed by atoms with Gasteiger partial charge in [-0.1, -0.05) is 18.2 Å². The molecular weight excluding hydrogens is 198 g/mol. The van der Waals surface area contributed by atoms with Gasteiger partial charge in [-0.3, -0.25) is 4.79 Å². The van der Waals surface area contributed by atoms with E-state index in [0.717, 1.165) is 10.1 Å². The molecule has 14 heavy (non-hydrogen) atoms. The van der Waals surface area contributed by atoms with Crippen molar-refractivity contribution in [2.75, 3.05) is 0 Å². The Morgan fingerprint density at radius 1 is 1.43 bits per heavy atom. The van der Waals surface area contributed by atoms with E-state index in [0.29, 0.717) is 5.56 Å². The van der Waals surface area contributed by atoms with Gasteiger partial charge in [-0.2, -0.15) is 0 Å². The van der Waals surface area contributed by atoms with Gasteiger partial charge in [0.1, 0.15) is 6.04 Å². The van der Waals surface area contributed by atoms with Crippen LogP contribution in [0.25, 0.3) is 10.1 Å². The molecule has 3 N–H and O–H groups in total. The molecule has 1 atom stereocenters. The van der Waals surface area contributed by atoms with E-state index in [1.807, 2.05) is 29.6 Å². The molecule has 1 aromatic heterocycles. The fraction of sp³-hybridized carbons (Fsp3) is 0.100. The number of carboxylic acids is 1. The summed E-state index contributed by atoms with van der Waals surface area (Å²) < 4.78 is 1.07. The number of hydrogen-bond donors (Lipinski definition) is 2. The Morgan fingerprint density at radius 2 is 2.14 bits per heavy atom. The molecule has 2 aromatic rings. The van der Waals surface area contributed by atoms with Gasteiger partial charge in [-0.05, 0) is 22.4 Å². The van der Waals surface area contributed by atoms with Crippen LogP contribution in [0.4, 0.5) is 0 Å². The maximum Gasteiger partial charge on any atom is 0.325 e. The first-order valence-corrected chi connectivity index (χ1v) is 5.02. The molecule has 0 radical (unpaired) electrons. The highest BCUT2D eigenvalue weighted by Gasteiger charge is 2.17. The van der Waals surface area contributed by atoms with Gasteiger partial charge < -0.3 is 10.8 Å². The van der Waals surface area contributed by atoms with Crippen LogP contribution in [-0.4, -0.2) is 11.1 Å². The molecule has 2 rings (SSSR count). The molecule has 0 fully saturated rings. The number of carboxylic acid groups (broad SMARTS) is 1. The molecule has 0 spiro atoms. The van der Waals surface area contributed by atoms with Crippen molar-refractivity contribution in [2.45, 2.75) is 6.04 Å². The number of rotatable bonds is 2. The summed E-state index contributed by atoms with van der Waals surface area (Å²) in [6.45, 7) is 0. The number of carbonyl (C=O) groups is 1. The maximum atomic E-state index is 10.7. The molecule has 0 saturated heterocycles. The van der Waals surface area contributed by atoms with Crippen molar-refractivity contribution in [1.82, 2.24) is 0 Å². The SMILES string of the molecule is N[C@@H](C(=O)O)c1csc2ccccc12. The highest BCUT2D eigenvalue weighted by Crippen LogP contribution is 2.29. The third-order valence-corrected chi connectivity index (χ3v) is 3.09. The summed E-state index contributed by atoms with van der Waals surface area (Å²) in [5.74, 6) is -0.992. The van der Waals surface area contributed by atoms with Gasteiger partial charge in [-0.15, -0.1) is 11.3 Å². The Balaban J connectivity index is 2.58. The van der Waals surface area contributed by atoms with E-state index in [4.69, 9.17) is 10.8 Å². The van der Waals surface area contributed by atoms with Crippen LogP contribution < -0.4 is 5.73 Å². The van der Waals surface area contributed by atoms with Crippen molar-refractivity contribution in [2.24, 2.45) is 5.73 Å². The van der Waals surface area contributed by atoms with Gasteiger partial charge in [0.05, 0.1) is 0 Å². The summed E-state index contributed by atoms with van der Waals surface area (Å²) in [6, 6.07) is 6.73. The van der Waals surface area contributed by atoms with Crippen molar-refractivity contribution in [1.29, 1.82) is 0 Å². The molecule has 1 aromatic carbocycles. The van der Waals surface area contributed by atoms with Crippen molar-refractivity contribution >= 4 is 27.4 Å². The smallest absolute Gasteiger partial charge is 0.325 e. The molecule has 0 aliphatic heterocycles. The lowest BCUT2D eigenvalue weighted by atomic mass is 10.1. The third-order valence-electron chi connectivity index (χ3n) is 2.11. The fourth-order valence-corrected chi connectivity index (χ4v) is 2.37. The van der Waals surface area contributed by atoms with Gasteiger partial charge in [0, 0.05) is 4.70 Å². The van der Waals surface area contributed by atoms with Crippen molar-refractivity contribution in [3.05, 3.63) is 35.2 Å².